The van der Waals surface area contributed by atoms with Gasteiger partial charge in [-0.15, -0.1) is 0 Å². The number of ketones is 1. The van der Waals surface area contributed by atoms with E-state index in [1.165, 1.54) is 6.92 Å². The molecular weight excluding hydrogens is 218 g/mol. The highest BCUT2D eigenvalue weighted by Gasteiger charge is 2.32. The molecule has 1 heterocycles. The van der Waals surface area contributed by atoms with Gasteiger partial charge >= 0.3 is 0 Å². The zero-order valence-electron chi connectivity index (χ0n) is 10.4. The minimum atomic E-state index is -0.599. The van der Waals surface area contributed by atoms with E-state index in [1.54, 1.807) is 12.1 Å². The van der Waals surface area contributed by atoms with Crippen LogP contribution in [0.25, 0.3) is 0 Å². The molecule has 0 aromatic carbocycles. The smallest absolute Gasteiger partial charge is 0.196 e. The lowest BCUT2D eigenvalue weighted by Gasteiger charge is -2.28. The highest BCUT2D eigenvalue weighted by Crippen LogP contribution is 2.31. The van der Waals surface area contributed by atoms with Gasteiger partial charge in [0.25, 0.3) is 0 Å². The van der Waals surface area contributed by atoms with E-state index in [4.69, 9.17) is 4.42 Å². The fraction of sp³-hybridized carbons (Fsp3) is 0.615. The number of furan rings is 1. The third-order valence-corrected chi connectivity index (χ3v) is 3.38. The maximum atomic E-state index is 11.1. The molecule has 0 spiro atoms. The first-order valence-corrected chi connectivity index (χ1v) is 6.04. The third-order valence-electron chi connectivity index (χ3n) is 3.38. The van der Waals surface area contributed by atoms with Gasteiger partial charge in [0, 0.05) is 26.6 Å². The lowest BCUT2D eigenvalue weighted by atomic mass is 10.0. The normalized spacial score (nSPS) is 18.3. The Balaban J connectivity index is 2.03. The summed E-state index contributed by atoms with van der Waals surface area (Å²) in [5, 5.41) is 10.3. The van der Waals surface area contributed by atoms with Crippen LogP contribution < -0.4 is 4.90 Å². The van der Waals surface area contributed by atoms with E-state index in [-0.39, 0.29) is 5.78 Å². The first-order valence-electron chi connectivity index (χ1n) is 6.04. The number of aliphatic hydroxyl groups is 1. The molecule has 1 N–H and O–H groups in total. The molecule has 0 amide bonds. The summed E-state index contributed by atoms with van der Waals surface area (Å²) in [6, 6.07) is 3.45. The number of Topliss-reactive ketones (excluding diaryl/α,β-unsaturated/α-hetero) is 1. The summed E-state index contributed by atoms with van der Waals surface area (Å²) in [6.45, 7) is 2.03. The second kappa shape index (κ2) is 4.53. The minimum Gasteiger partial charge on any atom is -0.437 e. The van der Waals surface area contributed by atoms with Crippen molar-refractivity contribution < 1.29 is 14.3 Å². The van der Waals surface area contributed by atoms with Gasteiger partial charge in [-0.1, -0.05) is 12.8 Å². The van der Waals surface area contributed by atoms with E-state index in [2.05, 4.69) is 0 Å². The number of hydrogen-bond acceptors (Lipinski definition) is 4. The topological polar surface area (TPSA) is 53.7 Å². The van der Waals surface area contributed by atoms with Crippen LogP contribution in [-0.2, 0) is 0 Å². The standard InChI is InChI=1S/C13H19NO3/c1-10(15)11-5-6-12(17-11)14(2)9-13(16)7-3-4-8-13/h5-6,16H,3-4,7-9H2,1-2H3. The van der Waals surface area contributed by atoms with Gasteiger partial charge in [-0.25, -0.2) is 0 Å². The molecule has 4 heteroatoms. The molecule has 1 aromatic heterocycles. The Hall–Kier alpha value is -1.29. The van der Waals surface area contributed by atoms with Crippen molar-refractivity contribution in [3.63, 3.8) is 0 Å². The van der Waals surface area contributed by atoms with Crippen molar-refractivity contribution in [3.8, 4) is 0 Å². The summed E-state index contributed by atoms with van der Waals surface area (Å²) >= 11 is 0. The Labute approximate surface area is 101 Å². The van der Waals surface area contributed by atoms with Crippen LogP contribution in [-0.4, -0.2) is 30.1 Å². The van der Waals surface area contributed by atoms with E-state index >= 15 is 0 Å². The molecule has 0 bridgehead atoms. The monoisotopic (exact) mass is 237 g/mol. The summed E-state index contributed by atoms with van der Waals surface area (Å²) < 4.78 is 5.43. The Kier molecular flexibility index (Phi) is 3.24. The average molecular weight is 237 g/mol. The summed E-state index contributed by atoms with van der Waals surface area (Å²) in [5.41, 5.74) is -0.599. The number of likely N-dealkylation sites (N-methyl/N-ethyl adjacent to an activating group) is 1. The van der Waals surface area contributed by atoms with Crippen LogP contribution in [0.4, 0.5) is 5.88 Å². The lowest BCUT2D eigenvalue weighted by molar-refractivity contribution is 0.0551. The van der Waals surface area contributed by atoms with Crippen molar-refractivity contribution >= 4 is 11.7 Å². The molecular formula is C13H19NO3. The molecule has 94 valence electrons. The second-order valence-electron chi connectivity index (χ2n) is 4.98. The largest absolute Gasteiger partial charge is 0.437 e. The molecule has 0 radical (unpaired) electrons. The van der Waals surface area contributed by atoms with Gasteiger partial charge in [0.05, 0.1) is 5.60 Å². The third kappa shape index (κ3) is 2.69. The number of hydrogen-bond donors (Lipinski definition) is 1. The summed E-state index contributed by atoms with van der Waals surface area (Å²) in [5.74, 6) is 0.921. The van der Waals surface area contributed by atoms with Crippen LogP contribution in [0.15, 0.2) is 16.5 Å². The quantitative estimate of drug-likeness (QED) is 0.816. The summed E-state index contributed by atoms with van der Waals surface area (Å²) in [6.07, 6.45) is 3.86. The van der Waals surface area contributed by atoms with Crippen LogP contribution in [0, 0.1) is 0 Å². The highest BCUT2D eigenvalue weighted by atomic mass is 16.4. The van der Waals surface area contributed by atoms with Gasteiger partial charge < -0.3 is 14.4 Å². The zero-order valence-corrected chi connectivity index (χ0v) is 10.4. The van der Waals surface area contributed by atoms with Crippen molar-refractivity contribution in [2.75, 3.05) is 18.5 Å². The first-order chi connectivity index (χ1) is 8.00. The van der Waals surface area contributed by atoms with E-state index < -0.39 is 5.60 Å². The van der Waals surface area contributed by atoms with Crippen molar-refractivity contribution in [1.29, 1.82) is 0 Å². The number of rotatable bonds is 4. The molecule has 0 unspecified atom stereocenters. The van der Waals surface area contributed by atoms with Gasteiger partial charge in [0.1, 0.15) is 0 Å². The number of carbonyl (C=O) groups excluding carboxylic acids is 1. The van der Waals surface area contributed by atoms with Crippen LogP contribution >= 0.6 is 0 Å². The number of nitrogens with zero attached hydrogens (tertiary/aromatic N) is 1. The molecule has 0 atom stereocenters. The average Bonchev–Trinajstić information content (AvgIpc) is 2.86. The summed E-state index contributed by atoms with van der Waals surface area (Å²) in [7, 11) is 1.87. The van der Waals surface area contributed by atoms with Gasteiger partial charge in [-0.05, 0) is 18.9 Å². The van der Waals surface area contributed by atoms with Crippen LogP contribution in [0.1, 0.15) is 43.2 Å². The molecule has 17 heavy (non-hydrogen) atoms. The van der Waals surface area contributed by atoms with Gasteiger partial charge in [0.2, 0.25) is 0 Å². The molecule has 1 aliphatic carbocycles. The maximum Gasteiger partial charge on any atom is 0.196 e. The Morgan fingerprint density at radius 1 is 1.47 bits per heavy atom. The molecule has 1 aliphatic rings. The number of anilines is 1. The molecule has 1 aromatic rings. The second-order valence-corrected chi connectivity index (χ2v) is 4.98. The molecule has 0 saturated heterocycles. The predicted octanol–water partition coefficient (Wildman–Crippen LogP) is 2.22. The van der Waals surface area contributed by atoms with Crippen molar-refractivity contribution in [3.05, 3.63) is 17.9 Å². The Morgan fingerprint density at radius 2 is 2.12 bits per heavy atom. The Bertz CT molecular complexity index is 405. The molecule has 0 aliphatic heterocycles. The molecule has 4 nitrogen and oxygen atoms in total. The minimum absolute atomic E-state index is 0.0794. The van der Waals surface area contributed by atoms with E-state index in [0.717, 1.165) is 25.7 Å². The van der Waals surface area contributed by atoms with Crippen molar-refractivity contribution in [2.24, 2.45) is 0 Å². The van der Waals surface area contributed by atoms with Crippen molar-refractivity contribution in [1.82, 2.24) is 0 Å². The molecule has 1 fully saturated rings. The SMILES string of the molecule is CC(=O)c1ccc(N(C)CC2(O)CCCC2)o1. The fourth-order valence-electron chi connectivity index (χ4n) is 2.43. The van der Waals surface area contributed by atoms with E-state index in [0.29, 0.717) is 18.2 Å². The maximum absolute atomic E-state index is 11.1. The van der Waals surface area contributed by atoms with E-state index in [9.17, 15) is 9.90 Å². The lowest BCUT2D eigenvalue weighted by Crippen LogP contribution is -2.39. The molecule has 2 rings (SSSR count). The number of carbonyl (C=O) groups is 1. The van der Waals surface area contributed by atoms with Crippen molar-refractivity contribution in [2.45, 2.75) is 38.2 Å². The fourth-order valence-corrected chi connectivity index (χ4v) is 2.43. The van der Waals surface area contributed by atoms with E-state index in [1.807, 2.05) is 11.9 Å². The predicted molar refractivity (Wildman–Crippen MR) is 65.4 cm³/mol. The van der Waals surface area contributed by atoms with Crippen LogP contribution in [0.2, 0.25) is 0 Å². The Morgan fingerprint density at radius 3 is 2.65 bits per heavy atom. The first kappa shape index (κ1) is 12.2. The zero-order chi connectivity index (χ0) is 12.5. The van der Waals surface area contributed by atoms with Gasteiger partial charge in [0.15, 0.2) is 17.4 Å². The van der Waals surface area contributed by atoms with Gasteiger partial charge in [-0.3, -0.25) is 4.79 Å². The summed E-state index contributed by atoms with van der Waals surface area (Å²) in [4.78, 5) is 13.0. The molecule has 1 saturated carbocycles. The van der Waals surface area contributed by atoms with Crippen LogP contribution in [0.5, 0.6) is 0 Å². The van der Waals surface area contributed by atoms with Crippen LogP contribution in [0.3, 0.4) is 0 Å². The van der Waals surface area contributed by atoms with Gasteiger partial charge in [-0.2, -0.15) is 0 Å². The highest BCUT2D eigenvalue weighted by molar-refractivity contribution is 5.91.